The zero-order valence-corrected chi connectivity index (χ0v) is 11.6. The molecule has 0 spiro atoms. The van der Waals surface area contributed by atoms with Gasteiger partial charge in [-0.3, -0.25) is 0 Å². The Kier molecular flexibility index (Phi) is 3.43. The smallest absolute Gasteiger partial charge is 0.137 e. The number of fused-ring (bicyclic) bond motifs is 1. The second-order valence-electron chi connectivity index (χ2n) is 5.27. The fourth-order valence-corrected chi connectivity index (χ4v) is 2.39. The fourth-order valence-electron chi connectivity index (χ4n) is 2.23. The summed E-state index contributed by atoms with van der Waals surface area (Å²) in [6, 6.07) is 3.88. The Morgan fingerprint density at radius 2 is 1.94 bits per heavy atom. The molecule has 2 aromatic rings. The molecule has 0 N–H and O–H groups in total. The molecular weight excluding hydrogens is 232 g/mol. The maximum atomic E-state index is 6.06. The zero-order valence-electron chi connectivity index (χ0n) is 10.9. The standard InChI is InChI=1S/C14H19ClN2/c1-9(2)7-12-14(10(3)4)17-8-11(15)5-6-13(17)16-12/h5-6,8-10H,7H2,1-4H3. The number of hydrogen-bond donors (Lipinski definition) is 0. The van der Waals surface area contributed by atoms with Crippen molar-refractivity contribution in [2.24, 2.45) is 5.92 Å². The van der Waals surface area contributed by atoms with Gasteiger partial charge in [-0.1, -0.05) is 39.3 Å². The third kappa shape index (κ3) is 2.47. The third-order valence-electron chi connectivity index (χ3n) is 2.84. The molecule has 2 rings (SSSR count). The number of rotatable bonds is 3. The summed E-state index contributed by atoms with van der Waals surface area (Å²) in [7, 11) is 0. The Balaban J connectivity index is 2.63. The van der Waals surface area contributed by atoms with Crippen molar-refractivity contribution in [2.75, 3.05) is 0 Å². The van der Waals surface area contributed by atoms with Crippen LogP contribution in [0, 0.1) is 5.92 Å². The van der Waals surface area contributed by atoms with Gasteiger partial charge in [-0.05, 0) is 30.4 Å². The van der Waals surface area contributed by atoms with E-state index >= 15 is 0 Å². The first-order chi connectivity index (χ1) is 7.99. The number of pyridine rings is 1. The molecule has 3 heteroatoms. The van der Waals surface area contributed by atoms with Gasteiger partial charge in [-0.25, -0.2) is 4.98 Å². The lowest BCUT2D eigenvalue weighted by atomic mass is 10.0. The summed E-state index contributed by atoms with van der Waals surface area (Å²) in [5, 5.41) is 0.757. The lowest BCUT2D eigenvalue weighted by Crippen LogP contribution is -2.02. The van der Waals surface area contributed by atoms with E-state index in [2.05, 4.69) is 32.1 Å². The lowest BCUT2D eigenvalue weighted by molar-refractivity contribution is 0.626. The Labute approximate surface area is 108 Å². The molecule has 17 heavy (non-hydrogen) atoms. The van der Waals surface area contributed by atoms with Crippen molar-refractivity contribution in [1.82, 2.24) is 9.38 Å². The van der Waals surface area contributed by atoms with Crippen molar-refractivity contribution in [2.45, 2.75) is 40.0 Å². The molecule has 0 aliphatic heterocycles. The Hall–Kier alpha value is -1.02. The van der Waals surface area contributed by atoms with Crippen LogP contribution in [0.5, 0.6) is 0 Å². The Bertz CT molecular complexity index is 526. The van der Waals surface area contributed by atoms with Gasteiger partial charge in [0.2, 0.25) is 0 Å². The predicted octanol–water partition coefficient (Wildman–Crippen LogP) is 4.31. The summed E-state index contributed by atoms with van der Waals surface area (Å²) in [5.74, 6) is 1.07. The summed E-state index contributed by atoms with van der Waals surface area (Å²) in [6.07, 6.45) is 2.98. The maximum absolute atomic E-state index is 6.06. The first-order valence-corrected chi connectivity index (χ1v) is 6.53. The molecule has 0 aromatic carbocycles. The molecule has 92 valence electrons. The van der Waals surface area contributed by atoms with Crippen LogP contribution in [0.15, 0.2) is 18.3 Å². The highest BCUT2D eigenvalue weighted by Crippen LogP contribution is 2.25. The second-order valence-corrected chi connectivity index (χ2v) is 5.71. The van der Waals surface area contributed by atoms with Crippen molar-refractivity contribution >= 4 is 17.2 Å². The van der Waals surface area contributed by atoms with E-state index in [1.165, 1.54) is 11.4 Å². The zero-order chi connectivity index (χ0) is 12.6. The summed E-state index contributed by atoms with van der Waals surface area (Å²) >= 11 is 6.06. The van der Waals surface area contributed by atoms with E-state index in [0.29, 0.717) is 11.8 Å². The van der Waals surface area contributed by atoms with Gasteiger partial charge in [0.05, 0.1) is 10.7 Å². The molecule has 0 saturated heterocycles. The van der Waals surface area contributed by atoms with Crippen molar-refractivity contribution < 1.29 is 0 Å². The molecule has 2 heterocycles. The van der Waals surface area contributed by atoms with Crippen LogP contribution in [0.2, 0.25) is 5.02 Å². The fraction of sp³-hybridized carbons (Fsp3) is 0.500. The molecule has 0 unspecified atom stereocenters. The first kappa shape index (κ1) is 12.4. The minimum atomic E-state index is 0.456. The SMILES string of the molecule is CC(C)Cc1nc2ccc(Cl)cn2c1C(C)C. The van der Waals surface area contributed by atoms with E-state index in [1.807, 2.05) is 18.3 Å². The van der Waals surface area contributed by atoms with E-state index in [0.717, 1.165) is 17.1 Å². The minimum absolute atomic E-state index is 0.456. The maximum Gasteiger partial charge on any atom is 0.137 e. The summed E-state index contributed by atoms with van der Waals surface area (Å²) < 4.78 is 2.13. The average molecular weight is 251 g/mol. The van der Waals surface area contributed by atoms with Crippen LogP contribution in [-0.2, 0) is 6.42 Å². The largest absolute Gasteiger partial charge is 0.302 e. The molecule has 0 saturated carbocycles. The first-order valence-electron chi connectivity index (χ1n) is 6.15. The monoisotopic (exact) mass is 250 g/mol. The van der Waals surface area contributed by atoms with Crippen molar-refractivity contribution in [3.05, 3.63) is 34.7 Å². The molecule has 0 radical (unpaired) electrons. The van der Waals surface area contributed by atoms with Gasteiger partial charge in [-0.15, -0.1) is 0 Å². The van der Waals surface area contributed by atoms with Crippen LogP contribution >= 0.6 is 11.6 Å². The van der Waals surface area contributed by atoms with Gasteiger partial charge in [-0.2, -0.15) is 0 Å². The molecule has 0 aliphatic rings. The number of imidazole rings is 1. The number of hydrogen-bond acceptors (Lipinski definition) is 1. The van der Waals surface area contributed by atoms with Gasteiger partial charge in [0.25, 0.3) is 0 Å². The predicted molar refractivity (Wildman–Crippen MR) is 72.8 cm³/mol. The molecule has 0 bridgehead atoms. The van der Waals surface area contributed by atoms with Gasteiger partial charge in [0, 0.05) is 11.9 Å². The molecule has 0 aliphatic carbocycles. The van der Waals surface area contributed by atoms with Crippen LogP contribution in [0.3, 0.4) is 0 Å². The normalized spacial score (nSPS) is 11.9. The molecule has 0 atom stereocenters. The van der Waals surface area contributed by atoms with Gasteiger partial charge >= 0.3 is 0 Å². The summed E-state index contributed by atoms with van der Waals surface area (Å²) in [6.45, 7) is 8.85. The summed E-state index contributed by atoms with van der Waals surface area (Å²) in [5.41, 5.74) is 3.49. The number of nitrogens with zero attached hydrogens (tertiary/aromatic N) is 2. The van der Waals surface area contributed by atoms with Crippen molar-refractivity contribution in [3.63, 3.8) is 0 Å². The highest BCUT2D eigenvalue weighted by molar-refractivity contribution is 6.30. The number of halogens is 1. The van der Waals surface area contributed by atoms with Gasteiger partial charge in [0.1, 0.15) is 5.65 Å². The Morgan fingerprint density at radius 1 is 1.24 bits per heavy atom. The average Bonchev–Trinajstić information content (AvgIpc) is 2.53. The van der Waals surface area contributed by atoms with E-state index in [1.54, 1.807) is 0 Å². The van der Waals surface area contributed by atoms with Gasteiger partial charge < -0.3 is 4.40 Å². The van der Waals surface area contributed by atoms with E-state index in [9.17, 15) is 0 Å². The molecule has 0 fully saturated rings. The number of aromatic nitrogens is 2. The lowest BCUT2D eigenvalue weighted by Gasteiger charge is -2.10. The van der Waals surface area contributed by atoms with Crippen LogP contribution in [0.4, 0.5) is 0 Å². The van der Waals surface area contributed by atoms with Crippen LogP contribution < -0.4 is 0 Å². The van der Waals surface area contributed by atoms with Crippen LogP contribution in [0.25, 0.3) is 5.65 Å². The van der Waals surface area contributed by atoms with Crippen LogP contribution in [0.1, 0.15) is 45.0 Å². The molecule has 2 nitrogen and oxygen atoms in total. The summed E-state index contributed by atoms with van der Waals surface area (Å²) in [4.78, 5) is 4.72. The second kappa shape index (κ2) is 4.69. The quantitative estimate of drug-likeness (QED) is 0.794. The van der Waals surface area contributed by atoms with Crippen molar-refractivity contribution in [1.29, 1.82) is 0 Å². The topological polar surface area (TPSA) is 17.3 Å². The molecular formula is C14H19ClN2. The van der Waals surface area contributed by atoms with E-state index in [-0.39, 0.29) is 0 Å². The van der Waals surface area contributed by atoms with Crippen molar-refractivity contribution in [3.8, 4) is 0 Å². The minimum Gasteiger partial charge on any atom is -0.302 e. The molecule has 0 amide bonds. The third-order valence-corrected chi connectivity index (χ3v) is 3.07. The van der Waals surface area contributed by atoms with Gasteiger partial charge in [0.15, 0.2) is 0 Å². The highest BCUT2D eigenvalue weighted by atomic mass is 35.5. The van der Waals surface area contributed by atoms with Crippen LogP contribution in [-0.4, -0.2) is 9.38 Å². The van der Waals surface area contributed by atoms with E-state index < -0.39 is 0 Å². The van der Waals surface area contributed by atoms with E-state index in [4.69, 9.17) is 16.6 Å². The highest BCUT2D eigenvalue weighted by Gasteiger charge is 2.16. The Morgan fingerprint density at radius 3 is 2.53 bits per heavy atom. The molecule has 2 aromatic heterocycles.